The summed E-state index contributed by atoms with van der Waals surface area (Å²) in [6.45, 7) is 2.09. The Hall–Kier alpha value is -1.12. The summed E-state index contributed by atoms with van der Waals surface area (Å²) in [5.74, 6) is 0. The van der Waals surface area contributed by atoms with Gasteiger partial charge in [0.1, 0.15) is 5.60 Å². The van der Waals surface area contributed by atoms with Crippen molar-refractivity contribution < 1.29 is 5.11 Å². The van der Waals surface area contributed by atoms with E-state index in [1.165, 1.54) is 16.0 Å². The maximum Gasteiger partial charge on any atom is 0.103 e. The van der Waals surface area contributed by atoms with E-state index in [0.717, 1.165) is 24.1 Å². The lowest BCUT2D eigenvalue weighted by Gasteiger charge is -2.32. The Labute approximate surface area is 106 Å². The highest BCUT2D eigenvalue weighted by molar-refractivity contribution is 7.12. The van der Waals surface area contributed by atoms with E-state index in [0.29, 0.717) is 0 Å². The summed E-state index contributed by atoms with van der Waals surface area (Å²) in [7, 11) is 0. The molecule has 1 atom stereocenters. The summed E-state index contributed by atoms with van der Waals surface area (Å²) in [6.07, 6.45) is 2.57. The van der Waals surface area contributed by atoms with Crippen molar-refractivity contribution in [3.8, 4) is 0 Å². The average Bonchev–Trinajstić information content (AvgIpc) is 2.76. The van der Waals surface area contributed by atoms with Crippen LogP contribution in [0.5, 0.6) is 0 Å². The first-order valence-corrected chi connectivity index (χ1v) is 6.85. The Balaban J connectivity index is 1.97. The molecule has 1 heterocycles. The van der Waals surface area contributed by atoms with Crippen LogP contribution < -0.4 is 0 Å². The lowest BCUT2D eigenvalue weighted by atomic mass is 9.80. The molecule has 2 heteroatoms. The van der Waals surface area contributed by atoms with Crippen molar-refractivity contribution in [2.24, 2.45) is 0 Å². The van der Waals surface area contributed by atoms with Gasteiger partial charge < -0.3 is 5.11 Å². The molecule has 0 amide bonds. The Morgan fingerprint density at radius 3 is 2.59 bits per heavy atom. The van der Waals surface area contributed by atoms with E-state index in [2.05, 4.69) is 43.3 Å². The third-order valence-corrected chi connectivity index (χ3v) is 4.80. The molecule has 0 saturated carbocycles. The van der Waals surface area contributed by atoms with E-state index >= 15 is 0 Å². The number of aryl methyl sites for hydroxylation is 2. The summed E-state index contributed by atoms with van der Waals surface area (Å²) >= 11 is 1.72. The number of benzene rings is 1. The minimum Gasteiger partial charge on any atom is -0.384 e. The van der Waals surface area contributed by atoms with Gasteiger partial charge in [-0.05, 0) is 43.0 Å². The van der Waals surface area contributed by atoms with Crippen LogP contribution in [0.25, 0.3) is 0 Å². The maximum atomic E-state index is 10.8. The largest absolute Gasteiger partial charge is 0.384 e. The van der Waals surface area contributed by atoms with E-state index < -0.39 is 5.60 Å². The van der Waals surface area contributed by atoms with Crippen molar-refractivity contribution in [2.45, 2.75) is 31.8 Å². The second kappa shape index (κ2) is 3.97. The first kappa shape index (κ1) is 11.0. The van der Waals surface area contributed by atoms with E-state index in [4.69, 9.17) is 0 Å². The molecule has 1 aliphatic carbocycles. The Kier molecular flexibility index (Phi) is 2.57. The van der Waals surface area contributed by atoms with Gasteiger partial charge in [0.15, 0.2) is 0 Å². The number of thiophene rings is 1. The Bertz CT molecular complexity index is 543. The lowest BCUT2D eigenvalue weighted by molar-refractivity contribution is 0.0259. The van der Waals surface area contributed by atoms with E-state index in [9.17, 15) is 5.11 Å². The molecule has 1 N–H and O–H groups in total. The average molecular weight is 244 g/mol. The van der Waals surface area contributed by atoms with Crippen LogP contribution in [0.15, 0.2) is 36.4 Å². The normalized spacial score (nSPS) is 23.4. The first-order valence-electron chi connectivity index (χ1n) is 6.03. The van der Waals surface area contributed by atoms with E-state index in [1.54, 1.807) is 11.3 Å². The van der Waals surface area contributed by atoms with Gasteiger partial charge in [-0.1, -0.05) is 24.3 Å². The fourth-order valence-electron chi connectivity index (χ4n) is 2.61. The lowest BCUT2D eigenvalue weighted by Crippen LogP contribution is -2.32. The van der Waals surface area contributed by atoms with Crippen LogP contribution in [0.1, 0.15) is 27.3 Å². The summed E-state index contributed by atoms with van der Waals surface area (Å²) in [5, 5.41) is 10.8. The van der Waals surface area contributed by atoms with Crippen LogP contribution in [0.4, 0.5) is 0 Å². The molecule has 0 saturated heterocycles. The summed E-state index contributed by atoms with van der Waals surface area (Å²) in [5.41, 5.74) is 2.05. The summed E-state index contributed by atoms with van der Waals surface area (Å²) in [6, 6.07) is 12.6. The van der Waals surface area contributed by atoms with Crippen molar-refractivity contribution in [3.63, 3.8) is 0 Å². The predicted molar refractivity (Wildman–Crippen MR) is 71.4 cm³/mol. The molecule has 3 rings (SSSR count). The van der Waals surface area contributed by atoms with Crippen molar-refractivity contribution >= 4 is 11.3 Å². The molecule has 0 radical (unpaired) electrons. The topological polar surface area (TPSA) is 20.2 Å². The van der Waals surface area contributed by atoms with Gasteiger partial charge in [-0.2, -0.15) is 0 Å². The second-order valence-electron chi connectivity index (χ2n) is 4.89. The molecule has 0 bridgehead atoms. The third kappa shape index (κ3) is 1.92. The highest BCUT2D eigenvalue weighted by Gasteiger charge is 2.34. The van der Waals surface area contributed by atoms with Crippen molar-refractivity contribution in [1.82, 2.24) is 0 Å². The molecular formula is C15H16OS. The molecule has 1 nitrogen and oxygen atoms in total. The summed E-state index contributed by atoms with van der Waals surface area (Å²) in [4.78, 5) is 2.39. The SMILES string of the molecule is Cc1ccc(C2(O)CCc3ccccc3C2)s1. The number of hydrogen-bond acceptors (Lipinski definition) is 2. The van der Waals surface area contributed by atoms with Crippen molar-refractivity contribution in [3.05, 3.63) is 57.3 Å². The third-order valence-electron chi connectivity index (χ3n) is 3.61. The van der Waals surface area contributed by atoms with E-state index in [1.807, 2.05) is 0 Å². The molecule has 1 aromatic heterocycles. The number of rotatable bonds is 1. The van der Waals surface area contributed by atoms with Gasteiger partial charge in [-0.3, -0.25) is 0 Å². The molecule has 0 spiro atoms. The van der Waals surface area contributed by atoms with Gasteiger partial charge in [-0.15, -0.1) is 11.3 Å². The second-order valence-corrected chi connectivity index (χ2v) is 6.18. The zero-order valence-electron chi connectivity index (χ0n) is 9.94. The van der Waals surface area contributed by atoms with E-state index in [-0.39, 0.29) is 0 Å². The van der Waals surface area contributed by atoms with Gasteiger partial charge in [-0.25, -0.2) is 0 Å². The first-order chi connectivity index (χ1) is 8.17. The smallest absolute Gasteiger partial charge is 0.103 e. The minimum atomic E-state index is -0.646. The number of hydrogen-bond donors (Lipinski definition) is 1. The zero-order chi connectivity index (χ0) is 11.9. The zero-order valence-corrected chi connectivity index (χ0v) is 10.8. The van der Waals surface area contributed by atoms with Gasteiger partial charge in [0.2, 0.25) is 0 Å². The van der Waals surface area contributed by atoms with Crippen LogP contribution in [0.3, 0.4) is 0 Å². The standard InChI is InChI=1S/C15H16OS/c1-11-6-7-14(17-11)15(16)9-8-12-4-2-3-5-13(12)10-15/h2-7,16H,8-10H2,1H3. The molecule has 1 aromatic carbocycles. The van der Waals surface area contributed by atoms with Crippen LogP contribution >= 0.6 is 11.3 Å². The molecule has 1 unspecified atom stereocenters. The maximum absolute atomic E-state index is 10.8. The van der Waals surface area contributed by atoms with Crippen molar-refractivity contribution in [2.75, 3.05) is 0 Å². The van der Waals surface area contributed by atoms with Crippen LogP contribution in [-0.2, 0) is 18.4 Å². The molecule has 0 fully saturated rings. The van der Waals surface area contributed by atoms with Crippen molar-refractivity contribution in [1.29, 1.82) is 0 Å². The Morgan fingerprint density at radius 2 is 1.88 bits per heavy atom. The molecule has 2 aromatic rings. The molecule has 17 heavy (non-hydrogen) atoms. The van der Waals surface area contributed by atoms with Gasteiger partial charge in [0.25, 0.3) is 0 Å². The monoisotopic (exact) mass is 244 g/mol. The molecular weight excluding hydrogens is 228 g/mol. The number of fused-ring (bicyclic) bond motifs is 1. The molecule has 0 aliphatic heterocycles. The number of aliphatic hydroxyl groups is 1. The predicted octanol–water partition coefficient (Wildman–Crippen LogP) is 3.43. The summed E-state index contributed by atoms with van der Waals surface area (Å²) < 4.78 is 0. The van der Waals surface area contributed by atoms with Crippen LogP contribution in [0.2, 0.25) is 0 Å². The quantitative estimate of drug-likeness (QED) is 0.815. The van der Waals surface area contributed by atoms with Gasteiger partial charge in [0.05, 0.1) is 0 Å². The molecule has 88 valence electrons. The fraction of sp³-hybridized carbons (Fsp3) is 0.333. The highest BCUT2D eigenvalue weighted by atomic mass is 32.1. The van der Waals surface area contributed by atoms with Crippen LogP contribution in [-0.4, -0.2) is 5.11 Å². The van der Waals surface area contributed by atoms with Gasteiger partial charge >= 0.3 is 0 Å². The highest BCUT2D eigenvalue weighted by Crippen LogP contribution is 2.39. The fourth-order valence-corrected chi connectivity index (χ4v) is 3.60. The van der Waals surface area contributed by atoms with Gasteiger partial charge in [0, 0.05) is 16.2 Å². The van der Waals surface area contributed by atoms with Crippen LogP contribution in [0, 0.1) is 6.92 Å². The molecule has 1 aliphatic rings. The minimum absolute atomic E-state index is 0.646. The Morgan fingerprint density at radius 1 is 1.12 bits per heavy atom.